The van der Waals surface area contributed by atoms with Crippen LogP contribution >= 0.6 is 59.1 Å². The summed E-state index contributed by atoms with van der Waals surface area (Å²) in [6.07, 6.45) is 2.75. The fourth-order valence-electron chi connectivity index (χ4n) is 1.67. The van der Waals surface area contributed by atoms with E-state index in [1.54, 1.807) is 11.3 Å². The lowest BCUT2D eigenvalue weighted by Crippen LogP contribution is -2.20. The average molecular weight is 455 g/mol. The number of nitrogens with zero attached hydrogens (tertiary/aromatic N) is 1. The first-order valence-electron chi connectivity index (χ1n) is 5.32. The Bertz CT molecular complexity index is 542. The number of hydrogen-bond donors (Lipinski definition) is 1. The van der Waals surface area contributed by atoms with E-state index in [0.717, 1.165) is 21.1 Å². The Morgan fingerprint density at radius 2 is 2.11 bits per heavy atom. The van der Waals surface area contributed by atoms with Crippen molar-refractivity contribution in [2.75, 3.05) is 7.05 Å². The molecule has 0 aromatic carbocycles. The molecule has 0 saturated carbocycles. The minimum atomic E-state index is 0.197. The van der Waals surface area contributed by atoms with Gasteiger partial charge in [0, 0.05) is 30.9 Å². The Balaban J connectivity index is 2.26. The van der Waals surface area contributed by atoms with Gasteiger partial charge in [-0.05, 0) is 72.4 Å². The number of pyridine rings is 1. The van der Waals surface area contributed by atoms with Crippen molar-refractivity contribution in [2.45, 2.75) is 12.5 Å². The molecule has 2 aromatic heterocycles. The molecule has 0 saturated heterocycles. The molecule has 2 heterocycles. The zero-order chi connectivity index (χ0) is 13.1. The predicted molar refractivity (Wildman–Crippen MR) is 87.2 cm³/mol. The van der Waals surface area contributed by atoms with Gasteiger partial charge < -0.3 is 5.32 Å². The third-order valence-electron chi connectivity index (χ3n) is 2.60. The summed E-state index contributed by atoms with van der Waals surface area (Å²) in [5.41, 5.74) is 1.03. The van der Waals surface area contributed by atoms with Crippen molar-refractivity contribution in [2.24, 2.45) is 0 Å². The van der Waals surface area contributed by atoms with Crippen molar-refractivity contribution in [3.63, 3.8) is 0 Å². The fraction of sp³-hybridized carbons (Fsp3) is 0.250. The Morgan fingerprint density at radius 3 is 2.67 bits per heavy atom. The summed E-state index contributed by atoms with van der Waals surface area (Å²) in [4.78, 5) is 5.82. The molecule has 0 aliphatic carbocycles. The number of hydrogen-bond acceptors (Lipinski definition) is 3. The lowest BCUT2D eigenvalue weighted by molar-refractivity contribution is 0.576. The van der Waals surface area contributed by atoms with Gasteiger partial charge in [-0.2, -0.15) is 0 Å². The lowest BCUT2D eigenvalue weighted by atomic mass is 10.1. The van der Waals surface area contributed by atoms with E-state index in [9.17, 15) is 0 Å². The third-order valence-corrected chi connectivity index (χ3v) is 5.61. The highest BCUT2D eigenvalue weighted by molar-refractivity contribution is 9.11. The van der Waals surface area contributed by atoms with Crippen molar-refractivity contribution in [3.8, 4) is 0 Å². The van der Waals surface area contributed by atoms with E-state index >= 15 is 0 Å². The molecule has 2 aromatic rings. The largest absolute Gasteiger partial charge is 0.311 e. The minimum Gasteiger partial charge on any atom is -0.311 e. The smallest absolute Gasteiger partial charge is 0.0719 e. The Kier molecular flexibility index (Phi) is 5.38. The maximum absolute atomic E-state index is 4.49. The van der Waals surface area contributed by atoms with Crippen molar-refractivity contribution in [1.29, 1.82) is 0 Å². The van der Waals surface area contributed by atoms with Crippen LogP contribution in [0.25, 0.3) is 0 Å². The van der Waals surface area contributed by atoms with Gasteiger partial charge in [-0.25, -0.2) is 0 Å². The standard InChI is InChI=1S/C12H11Br3N2S/c1-16-10(5-11-8(14)2-3-18-11)12-9(15)4-7(13)6-17-12/h2-4,6,10,16H,5H2,1H3. The Labute approximate surface area is 136 Å². The van der Waals surface area contributed by atoms with Crippen LogP contribution in [0.3, 0.4) is 0 Å². The van der Waals surface area contributed by atoms with Gasteiger partial charge in [0.15, 0.2) is 0 Å². The molecular formula is C12H11Br3N2S. The molecule has 0 radical (unpaired) electrons. The summed E-state index contributed by atoms with van der Waals surface area (Å²) >= 11 is 12.3. The van der Waals surface area contributed by atoms with Crippen LogP contribution in [-0.2, 0) is 6.42 Å². The van der Waals surface area contributed by atoms with Crippen LogP contribution < -0.4 is 5.32 Å². The number of likely N-dealkylation sites (N-methyl/N-ethyl adjacent to an activating group) is 1. The third kappa shape index (κ3) is 3.42. The molecular weight excluding hydrogens is 444 g/mol. The van der Waals surface area contributed by atoms with E-state index in [1.807, 2.05) is 19.3 Å². The van der Waals surface area contributed by atoms with Crippen molar-refractivity contribution in [3.05, 3.63) is 47.7 Å². The maximum Gasteiger partial charge on any atom is 0.0719 e. The number of aromatic nitrogens is 1. The summed E-state index contributed by atoms with van der Waals surface area (Å²) in [5.74, 6) is 0. The number of rotatable bonds is 4. The van der Waals surface area contributed by atoms with Gasteiger partial charge in [0.05, 0.1) is 11.7 Å². The highest BCUT2D eigenvalue weighted by Gasteiger charge is 2.17. The molecule has 1 unspecified atom stereocenters. The van der Waals surface area contributed by atoms with Crippen LogP contribution in [0.2, 0.25) is 0 Å². The molecule has 2 nitrogen and oxygen atoms in total. The summed E-state index contributed by atoms with van der Waals surface area (Å²) < 4.78 is 3.16. The highest BCUT2D eigenvalue weighted by Crippen LogP contribution is 2.31. The molecule has 2 rings (SSSR count). The zero-order valence-corrected chi connectivity index (χ0v) is 15.2. The van der Waals surface area contributed by atoms with Gasteiger partial charge in [0.1, 0.15) is 0 Å². The van der Waals surface area contributed by atoms with Crippen LogP contribution in [0.5, 0.6) is 0 Å². The van der Waals surface area contributed by atoms with Crippen molar-refractivity contribution in [1.82, 2.24) is 10.3 Å². The molecule has 0 aliphatic rings. The fourth-order valence-corrected chi connectivity index (χ4v) is 4.50. The first kappa shape index (κ1) is 14.7. The molecule has 0 aliphatic heterocycles. The monoisotopic (exact) mass is 452 g/mol. The van der Waals surface area contributed by atoms with Gasteiger partial charge in [0.2, 0.25) is 0 Å². The molecule has 0 bridgehead atoms. The molecule has 96 valence electrons. The van der Waals surface area contributed by atoms with E-state index < -0.39 is 0 Å². The zero-order valence-electron chi connectivity index (χ0n) is 9.58. The van der Waals surface area contributed by atoms with Gasteiger partial charge in [-0.1, -0.05) is 0 Å². The van der Waals surface area contributed by atoms with Crippen LogP contribution in [0.1, 0.15) is 16.6 Å². The predicted octanol–water partition coefficient (Wildman–Crippen LogP) is 4.93. The van der Waals surface area contributed by atoms with Gasteiger partial charge in [-0.3, -0.25) is 4.98 Å². The van der Waals surface area contributed by atoms with Gasteiger partial charge >= 0.3 is 0 Å². The van der Waals surface area contributed by atoms with Crippen LogP contribution in [0.4, 0.5) is 0 Å². The summed E-state index contributed by atoms with van der Waals surface area (Å²) in [6.45, 7) is 0. The normalized spacial score (nSPS) is 12.7. The molecule has 1 atom stereocenters. The molecule has 0 amide bonds. The quantitative estimate of drug-likeness (QED) is 0.708. The second-order valence-corrected chi connectivity index (χ2v) is 7.38. The first-order chi connectivity index (χ1) is 8.61. The summed E-state index contributed by atoms with van der Waals surface area (Å²) in [6, 6.07) is 4.30. The van der Waals surface area contributed by atoms with E-state index in [1.165, 1.54) is 9.35 Å². The molecule has 0 spiro atoms. The molecule has 0 fully saturated rings. The SMILES string of the molecule is CNC(Cc1sccc1Br)c1ncc(Br)cc1Br. The summed E-state index contributed by atoms with van der Waals surface area (Å²) in [5, 5.41) is 5.42. The number of nitrogens with one attached hydrogen (secondary N) is 1. The average Bonchev–Trinajstić information content (AvgIpc) is 2.73. The summed E-state index contributed by atoms with van der Waals surface area (Å²) in [7, 11) is 1.96. The number of halogens is 3. The highest BCUT2D eigenvalue weighted by atomic mass is 79.9. The minimum absolute atomic E-state index is 0.197. The van der Waals surface area contributed by atoms with E-state index in [4.69, 9.17) is 0 Å². The Hall–Kier alpha value is 0.250. The molecule has 1 N–H and O–H groups in total. The molecule has 18 heavy (non-hydrogen) atoms. The van der Waals surface area contributed by atoms with Crippen LogP contribution in [0.15, 0.2) is 37.1 Å². The molecule has 6 heteroatoms. The topological polar surface area (TPSA) is 24.9 Å². The Morgan fingerprint density at radius 1 is 1.33 bits per heavy atom. The number of thiophene rings is 1. The van der Waals surface area contributed by atoms with Crippen molar-refractivity contribution >= 4 is 59.1 Å². The van der Waals surface area contributed by atoms with Crippen molar-refractivity contribution < 1.29 is 0 Å². The second kappa shape index (κ2) is 6.61. The van der Waals surface area contributed by atoms with Crippen LogP contribution in [-0.4, -0.2) is 12.0 Å². The second-order valence-electron chi connectivity index (χ2n) is 3.76. The van der Waals surface area contributed by atoms with E-state index in [0.29, 0.717) is 0 Å². The van der Waals surface area contributed by atoms with Crippen LogP contribution in [0, 0.1) is 0 Å². The first-order valence-corrected chi connectivity index (χ1v) is 8.57. The van der Waals surface area contributed by atoms with E-state index in [-0.39, 0.29) is 6.04 Å². The lowest BCUT2D eigenvalue weighted by Gasteiger charge is -2.16. The maximum atomic E-state index is 4.49. The van der Waals surface area contributed by atoms with Gasteiger partial charge in [-0.15, -0.1) is 11.3 Å². The van der Waals surface area contributed by atoms with E-state index in [2.05, 4.69) is 69.5 Å². The van der Waals surface area contributed by atoms with Gasteiger partial charge in [0.25, 0.3) is 0 Å².